The molecule has 136 valence electrons. The molecule has 0 fully saturated rings. The lowest BCUT2D eigenvalue weighted by Gasteiger charge is -2.14. The molecule has 0 amide bonds. The van der Waals surface area contributed by atoms with Gasteiger partial charge < -0.3 is 9.15 Å². The highest BCUT2D eigenvalue weighted by molar-refractivity contribution is 8.00. The summed E-state index contributed by atoms with van der Waals surface area (Å²) in [6.45, 7) is 5.86. The second-order valence-corrected chi connectivity index (χ2v) is 7.31. The maximum atomic E-state index is 12.0. The highest BCUT2D eigenvalue weighted by atomic mass is 35.5. The Hall–Kier alpha value is -2.25. The lowest BCUT2D eigenvalue weighted by molar-refractivity contribution is -0.142. The van der Waals surface area contributed by atoms with Crippen molar-refractivity contribution in [2.24, 2.45) is 0 Å². The molecular weight excluding hydrogens is 374 g/mol. The zero-order chi connectivity index (χ0) is 18.7. The van der Waals surface area contributed by atoms with Crippen molar-refractivity contribution >= 4 is 29.3 Å². The van der Waals surface area contributed by atoms with Crippen molar-refractivity contribution in [3.05, 3.63) is 47.2 Å². The van der Waals surface area contributed by atoms with Gasteiger partial charge in [0.05, 0.1) is 18.6 Å². The molecule has 0 spiro atoms. The number of benzene rings is 1. The van der Waals surface area contributed by atoms with Gasteiger partial charge in [0.15, 0.2) is 10.9 Å². The molecular formula is C18H18ClN3O3S. The first kappa shape index (κ1) is 18.5. The molecule has 0 saturated heterocycles. The number of esters is 1. The zero-order valence-corrected chi connectivity index (χ0v) is 16.2. The second-order valence-electron chi connectivity index (χ2n) is 5.56. The molecule has 8 heteroatoms. The first-order valence-electron chi connectivity index (χ1n) is 8.10. The van der Waals surface area contributed by atoms with E-state index in [1.807, 2.05) is 35.8 Å². The van der Waals surface area contributed by atoms with Crippen LogP contribution in [0.3, 0.4) is 0 Å². The van der Waals surface area contributed by atoms with E-state index in [2.05, 4.69) is 10.2 Å². The van der Waals surface area contributed by atoms with Gasteiger partial charge in [-0.1, -0.05) is 29.4 Å². The van der Waals surface area contributed by atoms with Crippen LogP contribution in [0.15, 0.2) is 46.2 Å². The predicted molar refractivity (Wildman–Crippen MR) is 101 cm³/mol. The number of ether oxygens (including phenoxy) is 1. The van der Waals surface area contributed by atoms with Crippen molar-refractivity contribution in [3.63, 3.8) is 0 Å². The van der Waals surface area contributed by atoms with E-state index < -0.39 is 5.25 Å². The Morgan fingerprint density at radius 2 is 2.19 bits per heavy atom. The number of aromatic nitrogens is 3. The van der Waals surface area contributed by atoms with E-state index in [1.165, 1.54) is 11.8 Å². The van der Waals surface area contributed by atoms with Crippen LogP contribution in [0.5, 0.6) is 0 Å². The minimum Gasteiger partial charge on any atom is -0.465 e. The molecule has 1 aromatic carbocycles. The Kier molecular flexibility index (Phi) is 5.68. The van der Waals surface area contributed by atoms with Gasteiger partial charge in [-0.05, 0) is 50.6 Å². The van der Waals surface area contributed by atoms with Crippen molar-refractivity contribution in [3.8, 4) is 17.3 Å². The number of furan rings is 1. The summed E-state index contributed by atoms with van der Waals surface area (Å²) >= 11 is 7.48. The van der Waals surface area contributed by atoms with Crippen LogP contribution >= 0.6 is 23.4 Å². The molecule has 0 aliphatic carbocycles. The minimum absolute atomic E-state index is 0.297. The molecule has 2 aromatic heterocycles. The fourth-order valence-corrected chi connectivity index (χ4v) is 3.44. The van der Waals surface area contributed by atoms with Gasteiger partial charge in [-0.25, -0.2) is 0 Å². The first-order valence-corrected chi connectivity index (χ1v) is 9.36. The molecule has 1 unspecified atom stereocenters. The number of aryl methyl sites for hydroxylation is 1. The van der Waals surface area contributed by atoms with E-state index in [0.29, 0.717) is 28.4 Å². The van der Waals surface area contributed by atoms with Crippen molar-refractivity contribution < 1.29 is 13.9 Å². The van der Waals surface area contributed by atoms with Gasteiger partial charge in [0.25, 0.3) is 0 Å². The molecule has 0 bridgehead atoms. The maximum Gasteiger partial charge on any atom is 0.319 e. The van der Waals surface area contributed by atoms with Crippen LogP contribution in [-0.2, 0) is 9.53 Å². The lowest BCUT2D eigenvalue weighted by atomic mass is 10.2. The van der Waals surface area contributed by atoms with E-state index in [1.54, 1.807) is 26.2 Å². The maximum absolute atomic E-state index is 12.0. The Labute approximate surface area is 160 Å². The summed E-state index contributed by atoms with van der Waals surface area (Å²) in [5.74, 6) is 0.820. The van der Waals surface area contributed by atoms with Crippen molar-refractivity contribution in [1.82, 2.24) is 14.8 Å². The number of carbonyl (C=O) groups excluding carboxylic acids is 1. The Morgan fingerprint density at radius 3 is 2.88 bits per heavy atom. The molecule has 0 saturated carbocycles. The number of hydrogen-bond donors (Lipinski definition) is 0. The minimum atomic E-state index is -0.429. The summed E-state index contributed by atoms with van der Waals surface area (Å²) in [6, 6.07) is 9.18. The molecule has 0 aliphatic rings. The molecule has 6 nitrogen and oxygen atoms in total. The normalized spacial score (nSPS) is 12.2. The summed E-state index contributed by atoms with van der Waals surface area (Å²) in [4.78, 5) is 12.0. The van der Waals surface area contributed by atoms with Crippen LogP contribution in [0, 0.1) is 6.92 Å². The molecule has 0 radical (unpaired) electrons. The quantitative estimate of drug-likeness (QED) is 0.454. The van der Waals surface area contributed by atoms with Gasteiger partial charge in [0, 0.05) is 5.02 Å². The first-order chi connectivity index (χ1) is 12.5. The van der Waals surface area contributed by atoms with Gasteiger partial charge in [0.2, 0.25) is 5.82 Å². The lowest BCUT2D eigenvalue weighted by Crippen LogP contribution is -2.17. The van der Waals surface area contributed by atoms with Crippen molar-refractivity contribution in [1.29, 1.82) is 0 Å². The highest BCUT2D eigenvalue weighted by Gasteiger charge is 2.24. The molecule has 26 heavy (non-hydrogen) atoms. The monoisotopic (exact) mass is 391 g/mol. The summed E-state index contributed by atoms with van der Waals surface area (Å²) in [7, 11) is 0. The summed E-state index contributed by atoms with van der Waals surface area (Å²) in [5, 5.41) is 9.26. The summed E-state index contributed by atoms with van der Waals surface area (Å²) in [5.41, 5.74) is 1.82. The van der Waals surface area contributed by atoms with Crippen LogP contribution in [0.25, 0.3) is 17.3 Å². The van der Waals surface area contributed by atoms with E-state index in [-0.39, 0.29) is 5.97 Å². The smallest absolute Gasteiger partial charge is 0.319 e. The van der Waals surface area contributed by atoms with E-state index in [0.717, 1.165) is 11.3 Å². The number of nitrogens with zero attached hydrogens (tertiary/aromatic N) is 3. The second kappa shape index (κ2) is 7.97. The van der Waals surface area contributed by atoms with E-state index in [9.17, 15) is 4.79 Å². The van der Waals surface area contributed by atoms with Crippen LogP contribution in [0.2, 0.25) is 5.02 Å². The number of rotatable bonds is 6. The fraction of sp³-hybridized carbons (Fsp3) is 0.278. The standard InChI is InChI=1S/C18H18ClN3O3S/c1-4-24-17(23)12(3)26-18-21-20-16(15-6-5-9-25-15)22(18)14-10-13(19)8-7-11(14)2/h5-10,12H,4H2,1-3H3. The van der Waals surface area contributed by atoms with Crippen molar-refractivity contribution in [2.75, 3.05) is 6.61 Å². The van der Waals surface area contributed by atoms with Gasteiger partial charge >= 0.3 is 5.97 Å². The number of thioether (sulfide) groups is 1. The largest absolute Gasteiger partial charge is 0.465 e. The Morgan fingerprint density at radius 1 is 1.38 bits per heavy atom. The molecule has 0 N–H and O–H groups in total. The molecule has 1 atom stereocenters. The van der Waals surface area contributed by atoms with Crippen LogP contribution in [-0.4, -0.2) is 32.6 Å². The van der Waals surface area contributed by atoms with Gasteiger partial charge in [-0.15, -0.1) is 10.2 Å². The summed E-state index contributed by atoms with van der Waals surface area (Å²) < 4.78 is 12.4. The van der Waals surface area contributed by atoms with Gasteiger partial charge in [-0.3, -0.25) is 9.36 Å². The molecule has 3 aromatic rings. The average Bonchev–Trinajstić information content (AvgIpc) is 3.26. The van der Waals surface area contributed by atoms with Gasteiger partial charge in [0.1, 0.15) is 5.25 Å². The van der Waals surface area contributed by atoms with Gasteiger partial charge in [-0.2, -0.15) is 0 Å². The average molecular weight is 392 g/mol. The predicted octanol–water partition coefficient (Wildman–Crippen LogP) is 4.53. The number of hydrogen-bond acceptors (Lipinski definition) is 6. The zero-order valence-electron chi connectivity index (χ0n) is 14.6. The molecule has 0 aliphatic heterocycles. The van der Waals surface area contributed by atoms with Crippen LogP contribution in [0.1, 0.15) is 19.4 Å². The Balaban J connectivity index is 2.08. The third-order valence-corrected chi connectivity index (χ3v) is 4.94. The topological polar surface area (TPSA) is 70.2 Å². The fourth-order valence-electron chi connectivity index (χ4n) is 2.42. The third kappa shape index (κ3) is 3.78. The van der Waals surface area contributed by atoms with Crippen molar-refractivity contribution in [2.45, 2.75) is 31.2 Å². The highest BCUT2D eigenvalue weighted by Crippen LogP contribution is 2.32. The summed E-state index contributed by atoms with van der Waals surface area (Å²) in [6.07, 6.45) is 1.58. The van der Waals surface area contributed by atoms with Crippen LogP contribution in [0.4, 0.5) is 0 Å². The molecule has 2 heterocycles. The Bertz CT molecular complexity index is 909. The number of carbonyl (C=O) groups is 1. The van der Waals surface area contributed by atoms with E-state index in [4.69, 9.17) is 20.8 Å². The number of halogens is 1. The van der Waals surface area contributed by atoms with E-state index >= 15 is 0 Å². The van der Waals surface area contributed by atoms with Crippen LogP contribution < -0.4 is 0 Å². The molecule has 3 rings (SSSR count). The SMILES string of the molecule is CCOC(=O)C(C)Sc1nnc(-c2ccco2)n1-c1cc(Cl)ccc1C. The third-order valence-electron chi connectivity index (χ3n) is 3.69.